The average Bonchev–Trinajstić information content (AvgIpc) is 3.38. The number of fused-ring (bicyclic) bond motifs is 3. The molecule has 327 valence electrons. The van der Waals surface area contributed by atoms with Crippen LogP contribution in [0.25, 0.3) is 39.1 Å². The normalized spacial score (nSPS) is 12.1. The molecule has 0 bridgehead atoms. The van der Waals surface area contributed by atoms with Gasteiger partial charge in [0.1, 0.15) is 17.3 Å². The summed E-state index contributed by atoms with van der Waals surface area (Å²) in [4.78, 5) is 44.1. The van der Waals surface area contributed by atoms with Crippen LogP contribution in [0.1, 0.15) is 50.2 Å². The maximum Gasteiger partial charge on any atom is 0.189 e. The number of hydrogen-bond donors (Lipinski definition) is 3. The molecular weight excluding hydrogens is 961 g/mol. The van der Waals surface area contributed by atoms with E-state index in [4.69, 9.17) is 0 Å². The number of aliphatic hydroxyl groups is 3. The Morgan fingerprint density at radius 1 is 0.394 bits per heavy atom. The maximum atomic E-state index is 11.8. The van der Waals surface area contributed by atoms with Gasteiger partial charge in [-0.25, -0.2) is 0 Å². The molecule has 0 unspecified atom stereocenters. The van der Waals surface area contributed by atoms with E-state index in [1.165, 1.54) is 18.2 Å². The molecule has 2 heterocycles. The van der Waals surface area contributed by atoms with Crippen LogP contribution in [0.15, 0.2) is 242 Å². The molecule has 66 heavy (non-hydrogen) atoms. The number of hydrogen-bond acceptors (Lipinski definition) is 8. The van der Waals surface area contributed by atoms with E-state index in [1.807, 2.05) is 91.0 Å². The molecule has 2 aromatic heterocycles. The fraction of sp³-hybridized carbons (Fsp3) is 0.0351. The molecule has 0 aliphatic heterocycles. The number of nitrogens with zero attached hydrogens (tertiary/aromatic N) is 2. The first-order chi connectivity index (χ1) is 31.8. The predicted octanol–water partition coefficient (Wildman–Crippen LogP) is 13.2. The number of allylic oxidation sites excluding steroid dienone is 7. The Hall–Kier alpha value is -7.17. The maximum absolute atomic E-state index is 11.8. The number of carbonyl (C=O) groups excluding carboxylic acids is 3. The van der Waals surface area contributed by atoms with E-state index in [0.29, 0.717) is 33.4 Å². The summed E-state index contributed by atoms with van der Waals surface area (Å²) < 4.78 is 0. The van der Waals surface area contributed by atoms with E-state index in [9.17, 15) is 29.7 Å². The van der Waals surface area contributed by atoms with Gasteiger partial charge in [0.25, 0.3) is 0 Å². The van der Waals surface area contributed by atoms with Crippen molar-refractivity contribution in [1.82, 2.24) is 9.97 Å². The summed E-state index contributed by atoms with van der Waals surface area (Å²) in [6.07, 6.45) is 14.9. The van der Waals surface area contributed by atoms with Crippen molar-refractivity contribution < 1.29 is 79.1 Å². The molecule has 0 fully saturated rings. The van der Waals surface area contributed by atoms with Crippen LogP contribution in [0.3, 0.4) is 0 Å². The van der Waals surface area contributed by atoms with Gasteiger partial charge in [0.05, 0.1) is 11.0 Å². The Kier molecular flexibility index (Phi) is 20.1. The van der Waals surface area contributed by atoms with Crippen LogP contribution in [0.2, 0.25) is 0 Å². The largest absolute Gasteiger partial charge is 0.507 e. The van der Waals surface area contributed by atoms with Crippen LogP contribution >= 0.6 is 0 Å². The Balaban J connectivity index is 0.000000164. The summed E-state index contributed by atoms with van der Waals surface area (Å²) in [5, 5.41) is 31.7. The van der Waals surface area contributed by atoms with E-state index in [1.54, 1.807) is 103 Å². The van der Waals surface area contributed by atoms with Crippen LogP contribution < -0.4 is 0 Å². The van der Waals surface area contributed by atoms with Crippen molar-refractivity contribution >= 4 is 56.4 Å². The van der Waals surface area contributed by atoms with Gasteiger partial charge >= 0.3 is 0 Å². The van der Waals surface area contributed by atoms with Gasteiger partial charge in [-0.2, -0.15) is 0 Å². The SMILES string of the molecule is O=C(C=C(O)c1ccccc1)C1=CCCC=C1.O=C(C=C(O)c1ccccc1)c1ccccc1.O=C(C=C(O)c1ccccc1)c1ccccc1.[Eu].c1cnc2c(c1)ccc1cccnc12. The van der Waals surface area contributed by atoms with E-state index in [2.05, 4.69) is 34.2 Å². The van der Waals surface area contributed by atoms with Crippen LogP contribution in [-0.4, -0.2) is 42.6 Å². The smallest absolute Gasteiger partial charge is 0.189 e. The summed E-state index contributed by atoms with van der Waals surface area (Å²) >= 11 is 0. The van der Waals surface area contributed by atoms with Gasteiger partial charge in [0, 0.05) is 124 Å². The topological polar surface area (TPSA) is 138 Å². The zero-order chi connectivity index (χ0) is 45.6. The first-order valence-electron chi connectivity index (χ1n) is 20.8. The molecule has 9 rings (SSSR count). The monoisotopic (exact) mass is 1010 g/mol. The molecule has 0 atom stereocenters. The second-order valence-electron chi connectivity index (χ2n) is 14.4. The van der Waals surface area contributed by atoms with Crippen LogP contribution in [0.5, 0.6) is 0 Å². The van der Waals surface area contributed by atoms with Gasteiger partial charge in [0.2, 0.25) is 0 Å². The van der Waals surface area contributed by atoms with E-state index >= 15 is 0 Å². The molecular formula is C57H46EuN2O6. The fourth-order valence-electron chi connectivity index (χ4n) is 6.38. The molecule has 8 nitrogen and oxygen atoms in total. The van der Waals surface area contributed by atoms with Gasteiger partial charge in [-0.1, -0.05) is 194 Å². The molecule has 1 radical (unpaired) electrons. The van der Waals surface area contributed by atoms with Crippen LogP contribution in [0, 0.1) is 49.4 Å². The Labute approximate surface area is 424 Å². The minimum Gasteiger partial charge on any atom is -0.507 e. The molecule has 3 N–H and O–H groups in total. The minimum atomic E-state index is -0.202. The molecule has 0 spiro atoms. The number of pyridine rings is 2. The third-order valence-corrected chi connectivity index (χ3v) is 9.75. The van der Waals surface area contributed by atoms with Gasteiger partial charge in [0.15, 0.2) is 17.3 Å². The van der Waals surface area contributed by atoms with E-state index in [-0.39, 0.29) is 84.0 Å². The summed E-state index contributed by atoms with van der Waals surface area (Å²) in [6, 6.07) is 56.9. The Bertz CT molecular complexity index is 2830. The van der Waals surface area contributed by atoms with Gasteiger partial charge < -0.3 is 15.3 Å². The Morgan fingerprint density at radius 2 is 0.727 bits per heavy atom. The third-order valence-electron chi connectivity index (χ3n) is 9.75. The quantitative estimate of drug-likeness (QED) is 0.0563. The van der Waals surface area contributed by atoms with Gasteiger partial charge in [-0.15, -0.1) is 0 Å². The van der Waals surface area contributed by atoms with Crippen molar-refractivity contribution in [3.05, 3.63) is 270 Å². The van der Waals surface area contributed by atoms with Crippen molar-refractivity contribution in [2.24, 2.45) is 0 Å². The first-order valence-corrected chi connectivity index (χ1v) is 20.8. The summed E-state index contributed by atoms with van der Waals surface area (Å²) in [5.74, 6) is -0.574. The zero-order valence-electron chi connectivity index (χ0n) is 35.8. The second kappa shape index (κ2) is 26.6. The van der Waals surface area contributed by atoms with Crippen molar-refractivity contribution in [3.63, 3.8) is 0 Å². The first kappa shape index (κ1) is 49.8. The molecule has 8 aromatic rings. The van der Waals surface area contributed by atoms with Gasteiger partial charge in [-0.05, 0) is 25.0 Å². The molecule has 0 amide bonds. The van der Waals surface area contributed by atoms with Crippen molar-refractivity contribution in [3.8, 4) is 0 Å². The van der Waals surface area contributed by atoms with E-state index in [0.717, 1.165) is 34.6 Å². The molecule has 0 saturated heterocycles. The molecule has 1 aliphatic rings. The van der Waals surface area contributed by atoms with Crippen molar-refractivity contribution in [1.29, 1.82) is 0 Å². The average molecular weight is 1010 g/mol. The fourth-order valence-corrected chi connectivity index (χ4v) is 6.38. The summed E-state index contributed by atoms with van der Waals surface area (Å²) in [5.41, 5.74) is 5.66. The van der Waals surface area contributed by atoms with Crippen LogP contribution in [0.4, 0.5) is 0 Å². The second-order valence-corrected chi connectivity index (χ2v) is 14.4. The molecule has 1 aliphatic carbocycles. The van der Waals surface area contributed by atoms with Crippen LogP contribution in [-0.2, 0) is 4.79 Å². The number of carbonyl (C=O) groups is 3. The number of benzene rings is 6. The predicted molar refractivity (Wildman–Crippen MR) is 261 cm³/mol. The van der Waals surface area contributed by atoms with Crippen molar-refractivity contribution in [2.75, 3.05) is 0 Å². The molecule has 9 heteroatoms. The third kappa shape index (κ3) is 15.2. The standard InChI is InChI=1S/C15H14O2.2C15H12O2.C12H8N2.Eu/c3*16-14(12-7-3-1-4-8-12)11-15(17)13-9-5-2-6-10-13;1-3-9-5-6-10-4-2-8-14-12(10)11(9)13-7-1;/h1,3-5,7-11,16H,2,6H2;2*1-11,16H;1-8H;. The van der Waals surface area contributed by atoms with E-state index < -0.39 is 0 Å². The minimum absolute atomic E-state index is 0. The number of aliphatic hydroxyl groups excluding tert-OH is 3. The summed E-state index contributed by atoms with van der Waals surface area (Å²) in [7, 11) is 0. The number of rotatable bonds is 9. The number of aromatic nitrogens is 2. The molecule has 6 aromatic carbocycles. The number of ketones is 3. The summed E-state index contributed by atoms with van der Waals surface area (Å²) in [6.45, 7) is 0. The molecule has 0 saturated carbocycles. The van der Waals surface area contributed by atoms with Gasteiger partial charge in [-0.3, -0.25) is 24.4 Å². The Morgan fingerprint density at radius 3 is 1.06 bits per heavy atom. The van der Waals surface area contributed by atoms with Crippen molar-refractivity contribution in [2.45, 2.75) is 12.8 Å². The zero-order valence-corrected chi connectivity index (χ0v) is 38.2.